The van der Waals surface area contributed by atoms with Crippen LogP contribution in [-0.4, -0.2) is 31.4 Å². The number of hydrogen-bond acceptors (Lipinski definition) is 2. The third kappa shape index (κ3) is 3.49. The molecule has 0 aromatic heterocycles. The van der Waals surface area contributed by atoms with Gasteiger partial charge in [0.2, 0.25) is 5.91 Å². The van der Waals surface area contributed by atoms with E-state index < -0.39 is 0 Å². The molecule has 2 N–H and O–H groups in total. The van der Waals surface area contributed by atoms with Crippen molar-refractivity contribution in [1.82, 2.24) is 0 Å². The summed E-state index contributed by atoms with van der Waals surface area (Å²) in [6, 6.07) is 21.8. The van der Waals surface area contributed by atoms with Crippen LogP contribution in [0.4, 0.5) is 11.4 Å². The molecule has 28 heavy (non-hydrogen) atoms. The zero-order valence-electron chi connectivity index (χ0n) is 16.1. The summed E-state index contributed by atoms with van der Waals surface area (Å²) in [5.41, 5.74) is 2.64. The number of nitrogens with zero attached hydrogens (tertiary/aromatic N) is 1. The van der Waals surface area contributed by atoms with Gasteiger partial charge in [-0.05, 0) is 35.9 Å². The van der Waals surface area contributed by atoms with Crippen molar-refractivity contribution in [2.24, 2.45) is 0 Å². The van der Waals surface area contributed by atoms with Crippen molar-refractivity contribution in [3.05, 3.63) is 72.3 Å². The van der Waals surface area contributed by atoms with Crippen LogP contribution in [0.5, 0.6) is 0 Å². The zero-order chi connectivity index (χ0) is 19.7. The minimum atomic E-state index is -0.273. The number of likely N-dealkylation sites (N-methyl/N-ethyl adjacent to an activating group) is 1. The molecule has 1 heterocycles. The van der Waals surface area contributed by atoms with Crippen molar-refractivity contribution in [3.63, 3.8) is 0 Å². The largest absolute Gasteiger partial charge is 0.324 e. The summed E-state index contributed by atoms with van der Waals surface area (Å²) in [5, 5.41) is 5.24. The smallest absolute Gasteiger partial charge is 0.285 e. The molecule has 0 bridgehead atoms. The van der Waals surface area contributed by atoms with Gasteiger partial charge >= 0.3 is 0 Å². The van der Waals surface area contributed by atoms with E-state index in [1.54, 1.807) is 4.90 Å². The SMILES string of the molecule is C[C@@H](C(=O)N1CC(=O)Nc2ccccc21)[NH+](C)Cc1ccc2ccccc2c1. The fourth-order valence-electron chi connectivity index (χ4n) is 3.70. The Hall–Kier alpha value is -3.18. The second-order valence-electron chi connectivity index (χ2n) is 7.42. The highest BCUT2D eigenvalue weighted by atomic mass is 16.2. The number of carbonyl (C=O) groups excluding carboxylic acids is 2. The summed E-state index contributed by atoms with van der Waals surface area (Å²) < 4.78 is 0. The fourth-order valence-corrected chi connectivity index (χ4v) is 3.70. The van der Waals surface area contributed by atoms with E-state index in [0.717, 1.165) is 17.1 Å². The highest BCUT2D eigenvalue weighted by Gasteiger charge is 2.33. The first-order valence-corrected chi connectivity index (χ1v) is 9.53. The van der Waals surface area contributed by atoms with Gasteiger partial charge in [-0.1, -0.05) is 48.5 Å². The number of hydrogen-bond donors (Lipinski definition) is 2. The van der Waals surface area contributed by atoms with Gasteiger partial charge in [0.15, 0.2) is 6.04 Å². The highest BCUT2D eigenvalue weighted by Crippen LogP contribution is 2.29. The van der Waals surface area contributed by atoms with E-state index in [4.69, 9.17) is 0 Å². The number of anilines is 2. The van der Waals surface area contributed by atoms with Gasteiger partial charge in [-0.25, -0.2) is 0 Å². The summed E-state index contributed by atoms with van der Waals surface area (Å²) in [4.78, 5) is 27.9. The molecule has 0 spiro atoms. The molecule has 0 saturated carbocycles. The molecule has 1 unspecified atom stereocenters. The van der Waals surface area contributed by atoms with Crippen molar-refractivity contribution in [2.75, 3.05) is 23.8 Å². The lowest BCUT2D eigenvalue weighted by molar-refractivity contribution is -0.908. The first-order chi connectivity index (χ1) is 13.5. The molecule has 142 valence electrons. The maximum atomic E-state index is 13.2. The zero-order valence-corrected chi connectivity index (χ0v) is 16.1. The molecule has 3 aromatic rings. The number of para-hydroxylation sites is 2. The minimum absolute atomic E-state index is 0.0411. The van der Waals surface area contributed by atoms with E-state index in [2.05, 4.69) is 35.6 Å². The molecule has 2 amide bonds. The van der Waals surface area contributed by atoms with Crippen molar-refractivity contribution >= 4 is 34.0 Å². The van der Waals surface area contributed by atoms with Crippen LogP contribution in [0.25, 0.3) is 10.8 Å². The molecule has 5 heteroatoms. The van der Waals surface area contributed by atoms with E-state index >= 15 is 0 Å². The molecule has 3 aromatic carbocycles. The normalized spacial score (nSPS) is 15.6. The predicted molar refractivity (Wildman–Crippen MR) is 111 cm³/mol. The van der Waals surface area contributed by atoms with Gasteiger partial charge < -0.3 is 10.2 Å². The number of quaternary nitrogens is 1. The molecule has 0 saturated heterocycles. The molecule has 0 fully saturated rings. The lowest BCUT2D eigenvalue weighted by Gasteiger charge is -2.32. The second-order valence-corrected chi connectivity index (χ2v) is 7.42. The number of amides is 2. The number of fused-ring (bicyclic) bond motifs is 2. The highest BCUT2D eigenvalue weighted by molar-refractivity contribution is 6.10. The molecule has 0 aliphatic carbocycles. The van der Waals surface area contributed by atoms with Crippen LogP contribution in [0.1, 0.15) is 12.5 Å². The lowest BCUT2D eigenvalue weighted by Crippen LogP contribution is -3.12. The van der Waals surface area contributed by atoms with Gasteiger partial charge in [-0.3, -0.25) is 14.5 Å². The molecule has 1 aliphatic heterocycles. The van der Waals surface area contributed by atoms with Crippen LogP contribution in [0.3, 0.4) is 0 Å². The van der Waals surface area contributed by atoms with Crippen LogP contribution in [-0.2, 0) is 16.1 Å². The summed E-state index contributed by atoms with van der Waals surface area (Å²) in [6.45, 7) is 2.72. The molecule has 4 rings (SSSR count). The van der Waals surface area contributed by atoms with Gasteiger partial charge in [0.05, 0.1) is 18.4 Å². The van der Waals surface area contributed by atoms with Crippen molar-refractivity contribution in [3.8, 4) is 0 Å². The van der Waals surface area contributed by atoms with E-state index in [0.29, 0.717) is 5.69 Å². The maximum Gasteiger partial charge on any atom is 0.285 e. The molecular weight excluding hydrogens is 350 g/mol. The summed E-state index contributed by atoms with van der Waals surface area (Å²) in [7, 11) is 2.02. The Bertz CT molecular complexity index is 1050. The molecular formula is C23H24N3O2+. The first kappa shape index (κ1) is 18.2. The Kier molecular flexibility index (Phi) is 4.84. The van der Waals surface area contributed by atoms with Crippen LogP contribution in [0.15, 0.2) is 66.7 Å². The standard InChI is InChI=1S/C23H23N3O2/c1-16(23(28)26-15-22(27)24-20-9-5-6-10-21(20)26)25(2)14-17-11-12-18-7-3-4-8-19(18)13-17/h3-13,16H,14-15H2,1-2H3,(H,24,27)/p+1/t16-/m0/s1. The third-order valence-electron chi connectivity index (χ3n) is 5.44. The Morgan fingerprint density at radius 2 is 1.79 bits per heavy atom. The molecule has 5 nitrogen and oxygen atoms in total. The van der Waals surface area contributed by atoms with E-state index in [1.165, 1.54) is 16.3 Å². The average Bonchev–Trinajstić information content (AvgIpc) is 2.71. The third-order valence-corrected chi connectivity index (χ3v) is 5.44. The Morgan fingerprint density at radius 3 is 2.61 bits per heavy atom. The summed E-state index contributed by atoms with van der Waals surface area (Å²) in [6.07, 6.45) is 0. The maximum absolute atomic E-state index is 13.2. The summed E-state index contributed by atoms with van der Waals surface area (Å²) >= 11 is 0. The van der Waals surface area contributed by atoms with Gasteiger partial charge in [-0.15, -0.1) is 0 Å². The number of rotatable bonds is 4. The van der Waals surface area contributed by atoms with Crippen LogP contribution >= 0.6 is 0 Å². The quantitative estimate of drug-likeness (QED) is 0.736. The predicted octanol–water partition coefficient (Wildman–Crippen LogP) is 2.23. The number of nitrogens with one attached hydrogen (secondary N) is 2. The first-order valence-electron chi connectivity index (χ1n) is 9.53. The Labute approximate surface area is 164 Å². The topological polar surface area (TPSA) is 53.9 Å². The molecule has 2 atom stereocenters. The average molecular weight is 374 g/mol. The van der Waals surface area contributed by atoms with Crippen LogP contribution < -0.4 is 15.1 Å². The van der Waals surface area contributed by atoms with Crippen LogP contribution in [0, 0.1) is 0 Å². The van der Waals surface area contributed by atoms with E-state index in [1.807, 2.05) is 50.4 Å². The summed E-state index contributed by atoms with van der Waals surface area (Å²) in [5.74, 6) is -0.202. The van der Waals surface area contributed by atoms with Gasteiger partial charge in [-0.2, -0.15) is 0 Å². The molecule has 1 aliphatic rings. The second kappa shape index (κ2) is 7.44. The fraction of sp³-hybridized carbons (Fsp3) is 0.217. The van der Waals surface area contributed by atoms with Gasteiger partial charge in [0.25, 0.3) is 5.91 Å². The van der Waals surface area contributed by atoms with Gasteiger partial charge in [0.1, 0.15) is 13.1 Å². The van der Waals surface area contributed by atoms with E-state index in [-0.39, 0.29) is 24.4 Å². The van der Waals surface area contributed by atoms with Crippen LogP contribution in [0.2, 0.25) is 0 Å². The van der Waals surface area contributed by atoms with Crippen molar-refractivity contribution in [1.29, 1.82) is 0 Å². The number of benzene rings is 3. The van der Waals surface area contributed by atoms with E-state index in [9.17, 15) is 9.59 Å². The Balaban J connectivity index is 1.52. The van der Waals surface area contributed by atoms with Gasteiger partial charge in [0, 0.05) is 5.56 Å². The van der Waals surface area contributed by atoms with Crippen molar-refractivity contribution in [2.45, 2.75) is 19.5 Å². The minimum Gasteiger partial charge on any atom is -0.324 e. The van der Waals surface area contributed by atoms with Crippen molar-refractivity contribution < 1.29 is 14.5 Å². The lowest BCUT2D eigenvalue weighted by atomic mass is 10.1. The monoisotopic (exact) mass is 374 g/mol. The number of carbonyl (C=O) groups is 2. The Morgan fingerprint density at radius 1 is 1.07 bits per heavy atom. The molecule has 0 radical (unpaired) electrons.